The van der Waals surface area contributed by atoms with E-state index in [9.17, 15) is 9.18 Å². The average Bonchev–Trinajstić information content (AvgIpc) is 2.20. The summed E-state index contributed by atoms with van der Waals surface area (Å²) in [6, 6.07) is 3.78. The fraction of sp³-hybridized carbons (Fsp3) is 0.462. The van der Waals surface area contributed by atoms with E-state index in [2.05, 4.69) is 5.32 Å². The normalized spacial score (nSPS) is 13.4. The fourth-order valence-electron chi connectivity index (χ4n) is 1.72. The summed E-state index contributed by atoms with van der Waals surface area (Å²) in [5.74, 6) is -0.811. The predicted molar refractivity (Wildman–Crippen MR) is 70.7 cm³/mol. The van der Waals surface area contributed by atoms with Crippen LogP contribution in [-0.4, -0.2) is 11.9 Å². The van der Waals surface area contributed by atoms with Crippen molar-refractivity contribution in [2.24, 2.45) is 11.1 Å². The van der Waals surface area contributed by atoms with Crippen LogP contribution in [0.4, 0.5) is 4.39 Å². The second-order valence-corrected chi connectivity index (χ2v) is 5.75. The maximum atomic E-state index is 13.5. The third-order valence-corrected chi connectivity index (χ3v) is 2.89. The van der Waals surface area contributed by atoms with Gasteiger partial charge in [0, 0.05) is 17.1 Å². The Labute approximate surface area is 112 Å². The monoisotopic (exact) mass is 272 g/mol. The number of amides is 1. The van der Waals surface area contributed by atoms with E-state index < -0.39 is 11.9 Å². The Hall–Kier alpha value is -1.13. The average molecular weight is 273 g/mol. The summed E-state index contributed by atoms with van der Waals surface area (Å²) in [7, 11) is 0. The van der Waals surface area contributed by atoms with Gasteiger partial charge >= 0.3 is 0 Å². The lowest BCUT2D eigenvalue weighted by Crippen LogP contribution is -2.49. The first kappa shape index (κ1) is 14.9. The SMILES string of the molecule is CC(C)(C)[C@H](NCc1cc(Cl)ccc1F)C(N)=O. The Morgan fingerprint density at radius 2 is 2.11 bits per heavy atom. The van der Waals surface area contributed by atoms with Gasteiger partial charge in [0.1, 0.15) is 5.82 Å². The topological polar surface area (TPSA) is 55.1 Å². The molecule has 0 radical (unpaired) electrons. The van der Waals surface area contributed by atoms with Crippen molar-refractivity contribution in [3.05, 3.63) is 34.6 Å². The van der Waals surface area contributed by atoms with Gasteiger partial charge < -0.3 is 11.1 Å². The zero-order chi connectivity index (χ0) is 13.9. The van der Waals surface area contributed by atoms with Gasteiger partial charge in [0.2, 0.25) is 5.91 Å². The van der Waals surface area contributed by atoms with Crippen molar-refractivity contribution in [1.82, 2.24) is 5.32 Å². The molecule has 0 aliphatic carbocycles. The molecule has 0 spiro atoms. The number of hydrogen-bond donors (Lipinski definition) is 2. The summed E-state index contributed by atoms with van der Waals surface area (Å²) < 4.78 is 13.5. The summed E-state index contributed by atoms with van der Waals surface area (Å²) in [6.45, 7) is 5.88. The molecule has 3 N–H and O–H groups in total. The van der Waals surface area contributed by atoms with Gasteiger partial charge in [-0.1, -0.05) is 32.4 Å². The molecule has 3 nitrogen and oxygen atoms in total. The molecular formula is C13H18ClFN2O. The maximum Gasteiger partial charge on any atom is 0.235 e. The third kappa shape index (κ3) is 3.96. The Bertz CT molecular complexity index is 443. The third-order valence-electron chi connectivity index (χ3n) is 2.65. The lowest BCUT2D eigenvalue weighted by atomic mass is 9.86. The molecule has 0 heterocycles. The van der Waals surface area contributed by atoms with Crippen LogP contribution in [0, 0.1) is 11.2 Å². The first-order valence-corrected chi connectivity index (χ1v) is 6.06. The number of halogens is 2. The van der Waals surface area contributed by atoms with Gasteiger partial charge in [-0.15, -0.1) is 0 Å². The minimum Gasteiger partial charge on any atom is -0.368 e. The molecule has 0 fully saturated rings. The highest BCUT2D eigenvalue weighted by molar-refractivity contribution is 6.30. The van der Waals surface area contributed by atoms with Crippen molar-refractivity contribution in [2.75, 3.05) is 0 Å². The standard InChI is InChI=1S/C13H18ClFN2O/c1-13(2,3)11(12(16)18)17-7-8-6-9(14)4-5-10(8)15/h4-6,11,17H,7H2,1-3H3,(H2,16,18)/t11-/m1/s1. The van der Waals surface area contributed by atoms with Crippen molar-refractivity contribution in [3.63, 3.8) is 0 Å². The van der Waals surface area contributed by atoms with Crippen LogP contribution in [0.3, 0.4) is 0 Å². The zero-order valence-corrected chi connectivity index (χ0v) is 11.5. The smallest absolute Gasteiger partial charge is 0.235 e. The molecule has 0 aromatic heterocycles. The Balaban J connectivity index is 2.79. The highest BCUT2D eigenvalue weighted by atomic mass is 35.5. The molecule has 1 aromatic carbocycles. The minimum absolute atomic E-state index is 0.206. The molecule has 0 saturated heterocycles. The number of hydrogen-bond acceptors (Lipinski definition) is 2. The molecule has 0 unspecified atom stereocenters. The van der Waals surface area contributed by atoms with E-state index in [4.69, 9.17) is 17.3 Å². The van der Waals surface area contributed by atoms with Gasteiger partial charge in [0.25, 0.3) is 0 Å². The van der Waals surface area contributed by atoms with E-state index in [1.807, 2.05) is 20.8 Å². The van der Waals surface area contributed by atoms with Crippen LogP contribution in [0.5, 0.6) is 0 Å². The summed E-state index contributed by atoms with van der Waals surface area (Å²) in [4.78, 5) is 11.4. The van der Waals surface area contributed by atoms with Crippen LogP contribution in [0.1, 0.15) is 26.3 Å². The summed E-state index contributed by atoms with van der Waals surface area (Å²) in [5, 5.41) is 3.43. The molecule has 1 amide bonds. The van der Waals surface area contributed by atoms with Crippen LogP contribution in [0.2, 0.25) is 5.02 Å². The molecule has 100 valence electrons. The molecule has 0 aliphatic rings. The van der Waals surface area contributed by atoms with Crippen LogP contribution in [0.25, 0.3) is 0 Å². The fourth-order valence-corrected chi connectivity index (χ4v) is 1.92. The number of primary amides is 1. The minimum atomic E-state index is -0.532. The van der Waals surface area contributed by atoms with Gasteiger partial charge in [-0.3, -0.25) is 4.79 Å². The number of carbonyl (C=O) groups excluding carboxylic acids is 1. The highest BCUT2D eigenvalue weighted by Crippen LogP contribution is 2.20. The quantitative estimate of drug-likeness (QED) is 0.885. The van der Waals surface area contributed by atoms with Gasteiger partial charge in [-0.05, 0) is 23.6 Å². The molecule has 18 heavy (non-hydrogen) atoms. The number of rotatable bonds is 4. The van der Waals surface area contributed by atoms with Gasteiger partial charge in [0.05, 0.1) is 6.04 Å². The maximum absolute atomic E-state index is 13.5. The van der Waals surface area contributed by atoms with Crippen molar-refractivity contribution < 1.29 is 9.18 Å². The van der Waals surface area contributed by atoms with Crippen LogP contribution >= 0.6 is 11.6 Å². The molecule has 1 rings (SSSR count). The molecule has 0 bridgehead atoms. The number of carbonyl (C=O) groups is 1. The zero-order valence-electron chi connectivity index (χ0n) is 10.8. The van der Waals surface area contributed by atoms with Gasteiger partial charge in [-0.2, -0.15) is 0 Å². The molecule has 1 aromatic rings. The summed E-state index contributed by atoms with van der Waals surface area (Å²) >= 11 is 5.80. The molecule has 5 heteroatoms. The van der Waals surface area contributed by atoms with E-state index in [1.54, 1.807) is 0 Å². The van der Waals surface area contributed by atoms with E-state index in [-0.39, 0.29) is 17.8 Å². The van der Waals surface area contributed by atoms with Crippen molar-refractivity contribution >= 4 is 17.5 Å². The summed E-state index contributed by atoms with van der Waals surface area (Å²) in [6.07, 6.45) is 0. The molecule has 0 aliphatic heterocycles. The van der Waals surface area contributed by atoms with Crippen LogP contribution in [0.15, 0.2) is 18.2 Å². The van der Waals surface area contributed by atoms with E-state index in [0.29, 0.717) is 10.6 Å². The molecule has 0 saturated carbocycles. The first-order chi connectivity index (χ1) is 8.21. The second-order valence-electron chi connectivity index (χ2n) is 5.32. The number of benzene rings is 1. The van der Waals surface area contributed by atoms with Crippen molar-refractivity contribution in [2.45, 2.75) is 33.4 Å². The Morgan fingerprint density at radius 3 is 2.61 bits per heavy atom. The Kier molecular flexibility index (Phi) is 4.71. The van der Waals surface area contributed by atoms with Crippen LogP contribution < -0.4 is 11.1 Å². The van der Waals surface area contributed by atoms with Crippen molar-refractivity contribution in [1.29, 1.82) is 0 Å². The molecular weight excluding hydrogens is 255 g/mol. The number of nitrogens with one attached hydrogen (secondary N) is 1. The number of nitrogens with two attached hydrogens (primary N) is 1. The lowest BCUT2D eigenvalue weighted by Gasteiger charge is -2.29. The van der Waals surface area contributed by atoms with E-state index in [0.717, 1.165) is 0 Å². The first-order valence-electron chi connectivity index (χ1n) is 5.68. The summed E-state index contributed by atoms with van der Waals surface area (Å²) in [5.41, 5.74) is 5.42. The van der Waals surface area contributed by atoms with Crippen LogP contribution in [-0.2, 0) is 11.3 Å². The predicted octanol–water partition coefficient (Wildman–Crippen LogP) is 2.47. The Morgan fingerprint density at radius 1 is 1.50 bits per heavy atom. The van der Waals surface area contributed by atoms with E-state index >= 15 is 0 Å². The molecule has 1 atom stereocenters. The largest absolute Gasteiger partial charge is 0.368 e. The van der Waals surface area contributed by atoms with Gasteiger partial charge in [0.15, 0.2) is 0 Å². The van der Waals surface area contributed by atoms with Gasteiger partial charge in [-0.25, -0.2) is 4.39 Å². The highest BCUT2D eigenvalue weighted by Gasteiger charge is 2.29. The van der Waals surface area contributed by atoms with E-state index in [1.165, 1.54) is 18.2 Å². The second kappa shape index (κ2) is 5.67. The van der Waals surface area contributed by atoms with Crippen molar-refractivity contribution in [3.8, 4) is 0 Å². The lowest BCUT2D eigenvalue weighted by molar-refractivity contribution is -0.122.